The van der Waals surface area contributed by atoms with Gasteiger partial charge in [-0.1, -0.05) is 0 Å². The molecule has 0 amide bonds. The summed E-state index contributed by atoms with van der Waals surface area (Å²) in [6.45, 7) is 3.38. The van der Waals surface area contributed by atoms with Gasteiger partial charge in [-0.3, -0.25) is 0 Å². The molecule has 4 rings (SSSR count). The zero-order valence-electron chi connectivity index (χ0n) is 18.2. The van der Waals surface area contributed by atoms with E-state index >= 15 is 0 Å². The fraction of sp³-hybridized carbons (Fsp3) is 0.0833. The van der Waals surface area contributed by atoms with Gasteiger partial charge in [-0.2, -0.15) is 0 Å². The summed E-state index contributed by atoms with van der Waals surface area (Å²) < 4.78 is 143. The van der Waals surface area contributed by atoms with Crippen LogP contribution in [0.5, 0.6) is 0 Å². The van der Waals surface area contributed by atoms with E-state index < -0.39 is 94.4 Å². The van der Waals surface area contributed by atoms with Crippen LogP contribution >= 0.6 is 0 Å². The van der Waals surface area contributed by atoms with Crippen molar-refractivity contribution < 1.29 is 43.9 Å². The van der Waals surface area contributed by atoms with Crippen LogP contribution in [0.4, 0.5) is 43.9 Å². The second-order valence-corrected chi connectivity index (χ2v) is 10.5. The predicted molar refractivity (Wildman–Crippen MR) is 117 cm³/mol. The fourth-order valence-corrected chi connectivity index (χ4v) is 4.91. The maximum atomic E-state index is 14.9. The molecule has 1 radical (unpaired) electrons. The Labute approximate surface area is 199 Å². The Morgan fingerprint density at radius 1 is 0.556 bits per heavy atom. The molecule has 36 heavy (non-hydrogen) atoms. The number of benzene rings is 3. The third kappa shape index (κ3) is 3.61. The first-order valence-corrected chi connectivity index (χ1v) is 12.6. The topological polar surface area (TPSA) is 0 Å². The molecule has 183 valence electrons. The van der Waals surface area contributed by atoms with Crippen molar-refractivity contribution in [2.75, 3.05) is 0 Å². The number of hydrogen-bond acceptors (Lipinski definition) is 0. The zero-order valence-corrected chi connectivity index (χ0v) is 19.2. The molecule has 0 atom stereocenters. The molecule has 0 bridgehead atoms. The standard InChI is InChI=1S/C24H10BF10Si/c1-36(2)6-9-11(13-17(28)21(32)24(35)22(33)18(13)29)10-7(4-3-5-8(10)14(9)25)12-15(26)19(30)23(34)20(31)16(12)27/h3-6H,1-2H3. The Hall–Kier alpha value is -3.28. The quantitative estimate of drug-likeness (QED) is 0.160. The average Bonchev–Trinajstić information content (AvgIpc) is 3.11. The van der Waals surface area contributed by atoms with Gasteiger partial charge < -0.3 is 0 Å². The molecule has 3 aromatic rings. The molecule has 3 aromatic carbocycles. The van der Waals surface area contributed by atoms with Gasteiger partial charge in [-0.05, 0) is 0 Å². The van der Waals surface area contributed by atoms with Crippen molar-refractivity contribution in [3.63, 3.8) is 0 Å². The molecule has 0 unspecified atom stereocenters. The Bertz CT molecular complexity index is 1510. The Balaban J connectivity index is 2.24. The summed E-state index contributed by atoms with van der Waals surface area (Å²) in [6, 6.07) is 3.22. The maximum absolute atomic E-state index is 14.9. The van der Waals surface area contributed by atoms with Crippen molar-refractivity contribution >= 4 is 32.6 Å². The molecule has 0 fully saturated rings. The van der Waals surface area contributed by atoms with Gasteiger partial charge in [0.1, 0.15) is 0 Å². The van der Waals surface area contributed by atoms with Crippen LogP contribution in [0.15, 0.2) is 23.8 Å². The molecule has 0 saturated carbocycles. The van der Waals surface area contributed by atoms with Crippen molar-refractivity contribution in [2.24, 2.45) is 0 Å². The summed E-state index contributed by atoms with van der Waals surface area (Å²) >= 11 is 0. The van der Waals surface area contributed by atoms with E-state index in [1.54, 1.807) is 13.1 Å². The first-order valence-electron chi connectivity index (χ1n) is 10.00. The van der Waals surface area contributed by atoms with E-state index in [2.05, 4.69) is 0 Å². The third-order valence-corrected chi connectivity index (χ3v) is 6.40. The summed E-state index contributed by atoms with van der Waals surface area (Å²) in [5.41, 5.74) is -4.19. The number of allylic oxidation sites excluding steroid dienone is 1. The number of fused-ring (bicyclic) bond motifs is 1. The second kappa shape index (κ2) is 8.99. The normalized spacial score (nSPS) is 12.9. The van der Waals surface area contributed by atoms with Crippen LogP contribution in [-0.4, -0.2) is 27.0 Å². The Morgan fingerprint density at radius 3 is 1.39 bits per heavy atom. The van der Waals surface area contributed by atoms with Crippen molar-refractivity contribution in [3.8, 4) is 11.1 Å². The summed E-state index contributed by atoms with van der Waals surface area (Å²) in [5, 5.41) is 0. The van der Waals surface area contributed by atoms with Gasteiger partial charge in [0.15, 0.2) is 0 Å². The molecular weight excluding hydrogens is 517 g/mol. The number of rotatable bonds is 3. The van der Waals surface area contributed by atoms with E-state index in [9.17, 15) is 43.9 Å². The van der Waals surface area contributed by atoms with E-state index in [1.165, 1.54) is 11.7 Å². The predicted octanol–water partition coefficient (Wildman–Crippen LogP) is 6.39. The van der Waals surface area contributed by atoms with Crippen LogP contribution in [-0.2, 0) is 0 Å². The fourth-order valence-electron chi connectivity index (χ4n) is 4.03. The van der Waals surface area contributed by atoms with Crippen LogP contribution in [0.1, 0.15) is 16.7 Å². The van der Waals surface area contributed by atoms with E-state index in [0.29, 0.717) is 0 Å². The molecule has 0 aromatic heterocycles. The minimum atomic E-state index is -2.45. The van der Waals surface area contributed by atoms with E-state index in [4.69, 9.17) is 7.49 Å². The summed E-state index contributed by atoms with van der Waals surface area (Å²) in [4.78, 5) is 0. The molecule has 0 N–H and O–H groups in total. The van der Waals surface area contributed by atoms with Gasteiger partial charge in [0.25, 0.3) is 0 Å². The monoisotopic (exact) mass is 527 g/mol. The first kappa shape index (κ1) is 25.8. The zero-order chi connectivity index (χ0) is 26.8. The van der Waals surface area contributed by atoms with Crippen molar-refractivity contribution in [1.82, 2.24) is 0 Å². The molecular formula is C24H10BF10Si. The summed E-state index contributed by atoms with van der Waals surface area (Å²) in [6.07, 6.45) is 0. The van der Waals surface area contributed by atoms with E-state index in [1.807, 2.05) is 0 Å². The van der Waals surface area contributed by atoms with Crippen molar-refractivity contribution in [2.45, 2.75) is 13.1 Å². The molecule has 1 aliphatic carbocycles. The van der Waals surface area contributed by atoms with Crippen LogP contribution in [0.25, 0.3) is 16.7 Å². The number of halogens is 10. The molecule has 0 spiro atoms. The molecule has 0 nitrogen and oxygen atoms in total. The Kier molecular flexibility index (Phi) is 6.44. The van der Waals surface area contributed by atoms with Crippen LogP contribution in [0, 0.1) is 58.2 Å². The molecule has 0 aliphatic heterocycles. The number of hydrogen-bond donors (Lipinski definition) is 0. The van der Waals surface area contributed by atoms with Gasteiger partial charge in [-0.25, -0.2) is 0 Å². The summed E-state index contributed by atoms with van der Waals surface area (Å²) in [7, 11) is 4.64. The molecule has 1 aliphatic rings. The van der Waals surface area contributed by atoms with Crippen molar-refractivity contribution in [3.05, 3.63) is 98.6 Å². The molecule has 12 heteroatoms. The van der Waals surface area contributed by atoms with Crippen LogP contribution in [0.3, 0.4) is 0 Å². The SMILES string of the molecule is [B]=C1C(C=[Si](C)C)=C(c2c(F)c(F)c(F)c(F)c2F)c2c1cccc2-c1c(F)c(F)c(F)c(F)c1F. The Morgan fingerprint density at radius 2 is 0.944 bits per heavy atom. The minimum absolute atomic E-state index is 0.162. The van der Waals surface area contributed by atoms with Crippen LogP contribution < -0.4 is 0 Å². The van der Waals surface area contributed by atoms with Crippen LogP contribution in [0.2, 0.25) is 13.1 Å². The van der Waals surface area contributed by atoms with Gasteiger partial charge in [0.05, 0.1) is 0 Å². The van der Waals surface area contributed by atoms with E-state index in [0.717, 1.165) is 12.1 Å². The van der Waals surface area contributed by atoms with Gasteiger partial charge >= 0.3 is 199 Å². The van der Waals surface area contributed by atoms with Gasteiger partial charge in [0.2, 0.25) is 0 Å². The van der Waals surface area contributed by atoms with Gasteiger partial charge in [0, 0.05) is 0 Å². The van der Waals surface area contributed by atoms with Gasteiger partial charge in [-0.15, -0.1) is 0 Å². The average molecular weight is 527 g/mol. The first-order chi connectivity index (χ1) is 16.8. The molecule has 0 saturated heterocycles. The van der Waals surface area contributed by atoms with E-state index in [-0.39, 0.29) is 16.6 Å². The molecule has 0 heterocycles. The second-order valence-electron chi connectivity index (χ2n) is 8.04. The third-order valence-electron chi connectivity index (χ3n) is 5.54. The summed E-state index contributed by atoms with van der Waals surface area (Å²) in [5.74, 6) is -23.1. The van der Waals surface area contributed by atoms with Crippen molar-refractivity contribution in [1.29, 1.82) is 0 Å².